The molecule has 0 aliphatic rings. The Morgan fingerprint density at radius 2 is 2.13 bits per heavy atom. The Morgan fingerprint density at radius 1 is 1.53 bits per heavy atom. The molecule has 0 bridgehead atoms. The number of hydrogen-bond donors (Lipinski definition) is 2. The Balaban J connectivity index is 3.04. The highest BCUT2D eigenvalue weighted by atomic mass is 79.9. The van der Waals surface area contributed by atoms with Crippen molar-refractivity contribution in [2.75, 3.05) is 0 Å². The van der Waals surface area contributed by atoms with Crippen molar-refractivity contribution in [2.45, 2.75) is 13.0 Å². The first-order chi connectivity index (χ1) is 6.93. The lowest BCUT2D eigenvalue weighted by atomic mass is 9.98. The number of carboxylic acids is 1. The van der Waals surface area contributed by atoms with E-state index in [-0.39, 0.29) is 0 Å². The van der Waals surface area contributed by atoms with E-state index in [4.69, 9.17) is 16.7 Å². The molecule has 2 atom stereocenters. The van der Waals surface area contributed by atoms with Gasteiger partial charge in [0, 0.05) is 15.1 Å². The Labute approximate surface area is 101 Å². The van der Waals surface area contributed by atoms with Crippen molar-refractivity contribution < 1.29 is 15.0 Å². The quantitative estimate of drug-likeness (QED) is 0.901. The molecule has 82 valence electrons. The summed E-state index contributed by atoms with van der Waals surface area (Å²) in [6.45, 7) is 1.43. The Morgan fingerprint density at radius 3 is 2.67 bits per heavy atom. The summed E-state index contributed by atoms with van der Waals surface area (Å²) in [5.41, 5.74) is 0.418. The summed E-state index contributed by atoms with van der Waals surface area (Å²) in [6, 6.07) is 4.95. The number of halogens is 2. The molecule has 1 aromatic carbocycles. The van der Waals surface area contributed by atoms with Crippen LogP contribution in [0.15, 0.2) is 22.7 Å². The highest BCUT2D eigenvalue weighted by molar-refractivity contribution is 9.10. The highest BCUT2D eigenvalue weighted by Crippen LogP contribution is 2.30. The normalized spacial score (nSPS) is 14.7. The molecule has 0 spiro atoms. The van der Waals surface area contributed by atoms with Crippen LogP contribution in [0.4, 0.5) is 0 Å². The smallest absolute Gasteiger partial charge is 0.309 e. The number of carbonyl (C=O) groups is 1. The summed E-state index contributed by atoms with van der Waals surface area (Å²) in [5.74, 6) is -1.95. The van der Waals surface area contributed by atoms with Crippen LogP contribution in [0.3, 0.4) is 0 Å². The first-order valence-corrected chi connectivity index (χ1v) is 5.46. The second-order valence-electron chi connectivity index (χ2n) is 3.24. The molecule has 3 nitrogen and oxygen atoms in total. The maximum absolute atomic E-state index is 10.7. The number of aliphatic hydroxyl groups is 1. The van der Waals surface area contributed by atoms with E-state index >= 15 is 0 Å². The topological polar surface area (TPSA) is 57.5 Å². The van der Waals surface area contributed by atoms with Crippen molar-refractivity contribution >= 4 is 33.5 Å². The summed E-state index contributed by atoms with van der Waals surface area (Å²) >= 11 is 9.10. The van der Waals surface area contributed by atoms with Crippen molar-refractivity contribution in [3.63, 3.8) is 0 Å². The highest BCUT2D eigenvalue weighted by Gasteiger charge is 2.24. The van der Waals surface area contributed by atoms with Crippen molar-refractivity contribution in [3.8, 4) is 0 Å². The van der Waals surface area contributed by atoms with Gasteiger partial charge in [0.05, 0.1) is 12.0 Å². The van der Waals surface area contributed by atoms with Crippen LogP contribution in [-0.2, 0) is 4.79 Å². The molecular formula is C10H10BrClO3. The van der Waals surface area contributed by atoms with Crippen molar-refractivity contribution in [3.05, 3.63) is 33.3 Å². The lowest BCUT2D eigenvalue weighted by molar-refractivity contribution is -0.145. The summed E-state index contributed by atoms with van der Waals surface area (Å²) in [4.78, 5) is 10.7. The lowest BCUT2D eigenvalue weighted by Crippen LogP contribution is -2.18. The van der Waals surface area contributed by atoms with Gasteiger partial charge in [-0.2, -0.15) is 0 Å². The van der Waals surface area contributed by atoms with Crippen LogP contribution in [-0.4, -0.2) is 16.2 Å². The number of benzene rings is 1. The van der Waals surface area contributed by atoms with Crippen LogP contribution < -0.4 is 0 Å². The number of aliphatic hydroxyl groups excluding tert-OH is 1. The predicted octanol–water partition coefficient (Wildman–Crippen LogP) is 2.86. The van der Waals surface area contributed by atoms with Crippen LogP contribution in [0.1, 0.15) is 18.6 Å². The predicted molar refractivity (Wildman–Crippen MR) is 60.9 cm³/mol. The SMILES string of the molecule is CC(C(=O)O)C(O)c1cc(Br)ccc1Cl. The van der Waals surface area contributed by atoms with Gasteiger partial charge in [0.1, 0.15) is 0 Å². The number of hydrogen-bond acceptors (Lipinski definition) is 2. The first kappa shape index (κ1) is 12.5. The zero-order valence-corrected chi connectivity index (χ0v) is 10.3. The molecule has 0 saturated heterocycles. The van der Waals surface area contributed by atoms with Gasteiger partial charge in [-0.1, -0.05) is 27.5 Å². The second kappa shape index (κ2) is 4.96. The molecule has 0 aromatic heterocycles. The number of aliphatic carboxylic acids is 1. The monoisotopic (exact) mass is 292 g/mol. The molecular weight excluding hydrogens is 283 g/mol. The molecule has 0 radical (unpaired) electrons. The van der Waals surface area contributed by atoms with Gasteiger partial charge in [-0.25, -0.2) is 0 Å². The summed E-state index contributed by atoms with van der Waals surface area (Å²) < 4.78 is 0.749. The number of rotatable bonds is 3. The van der Waals surface area contributed by atoms with Crippen LogP contribution in [0.5, 0.6) is 0 Å². The van der Waals surface area contributed by atoms with Crippen LogP contribution in [0.2, 0.25) is 5.02 Å². The van der Waals surface area contributed by atoms with Gasteiger partial charge in [-0.05, 0) is 25.1 Å². The molecule has 0 aliphatic heterocycles. The fraction of sp³-hybridized carbons (Fsp3) is 0.300. The van der Waals surface area contributed by atoms with Crippen molar-refractivity contribution in [1.29, 1.82) is 0 Å². The number of carboxylic acid groups (broad SMARTS) is 1. The van der Waals surface area contributed by atoms with Crippen LogP contribution in [0.25, 0.3) is 0 Å². The van der Waals surface area contributed by atoms with E-state index in [9.17, 15) is 9.90 Å². The third-order valence-electron chi connectivity index (χ3n) is 2.14. The van der Waals surface area contributed by atoms with Gasteiger partial charge < -0.3 is 10.2 Å². The van der Waals surface area contributed by atoms with Crippen LogP contribution in [0, 0.1) is 5.92 Å². The average Bonchev–Trinajstić information content (AvgIpc) is 2.19. The Kier molecular flexibility index (Phi) is 4.13. The summed E-state index contributed by atoms with van der Waals surface area (Å²) in [6.07, 6.45) is -1.10. The zero-order valence-electron chi connectivity index (χ0n) is 7.95. The molecule has 2 unspecified atom stereocenters. The van der Waals surface area contributed by atoms with Gasteiger partial charge in [0.25, 0.3) is 0 Å². The molecule has 0 heterocycles. The zero-order chi connectivity index (χ0) is 11.6. The molecule has 2 N–H and O–H groups in total. The van der Waals surface area contributed by atoms with Crippen molar-refractivity contribution in [1.82, 2.24) is 0 Å². The Bertz CT molecular complexity index is 381. The maximum Gasteiger partial charge on any atom is 0.309 e. The minimum Gasteiger partial charge on any atom is -0.481 e. The molecule has 0 fully saturated rings. The average molecular weight is 294 g/mol. The largest absolute Gasteiger partial charge is 0.481 e. The molecule has 1 rings (SSSR count). The maximum atomic E-state index is 10.7. The fourth-order valence-corrected chi connectivity index (χ4v) is 1.75. The molecule has 0 amide bonds. The molecule has 15 heavy (non-hydrogen) atoms. The van der Waals surface area contributed by atoms with Crippen molar-refractivity contribution in [2.24, 2.45) is 5.92 Å². The Hall–Kier alpha value is -0.580. The van der Waals surface area contributed by atoms with E-state index in [1.807, 2.05) is 0 Å². The minimum absolute atomic E-state index is 0.360. The van der Waals surface area contributed by atoms with E-state index in [0.29, 0.717) is 10.6 Å². The third kappa shape index (κ3) is 2.93. The van der Waals surface area contributed by atoms with E-state index in [1.165, 1.54) is 6.92 Å². The molecule has 1 aromatic rings. The summed E-state index contributed by atoms with van der Waals surface area (Å²) in [5, 5.41) is 18.9. The van der Waals surface area contributed by atoms with E-state index in [0.717, 1.165) is 4.47 Å². The standard InChI is InChI=1S/C10H10BrClO3/c1-5(10(14)15)9(13)7-4-6(11)2-3-8(7)12/h2-5,9,13H,1H3,(H,14,15). The fourth-order valence-electron chi connectivity index (χ4n) is 1.15. The van der Waals surface area contributed by atoms with Crippen LogP contribution >= 0.6 is 27.5 Å². The molecule has 0 aliphatic carbocycles. The van der Waals surface area contributed by atoms with Gasteiger partial charge in [-0.15, -0.1) is 0 Å². The van der Waals surface area contributed by atoms with E-state index in [2.05, 4.69) is 15.9 Å². The minimum atomic E-state index is -1.10. The van der Waals surface area contributed by atoms with Gasteiger partial charge >= 0.3 is 5.97 Å². The van der Waals surface area contributed by atoms with E-state index < -0.39 is 18.0 Å². The van der Waals surface area contributed by atoms with Gasteiger partial charge in [0.15, 0.2) is 0 Å². The molecule has 5 heteroatoms. The van der Waals surface area contributed by atoms with Gasteiger partial charge in [-0.3, -0.25) is 4.79 Å². The van der Waals surface area contributed by atoms with E-state index in [1.54, 1.807) is 18.2 Å². The second-order valence-corrected chi connectivity index (χ2v) is 4.56. The summed E-state index contributed by atoms with van der Waals surface area (Å²) in [7, 11) is 0. The third-order valence-corrected chi connectivity index (χ3v) is 2.98. The van der Waals surface area contributed by atoms with Gasteiger partial charge in [0.2, 0.25) is 0 Å². The lowest BCUT2D eigenvalue weighted by Gasteiger charge is -2.16. The first-order valence-electron chi connectivity index (χ1n) is 4.29. The molecule has 0 saturated carbocycles.